The summed E-state index contributed by atoms with van der Waals surface area (Å²) in [5.74, 6) is 1.39. The molecule has 2 aromatic carbocycles. The summed E-state index contributed by atoms with van der Waals surface area (Å²) < 4.78 is 2.23. The molecular weight excluding hydrogens is 298 g/mol. The van der Waals surface area contributed by atoms with Crippen LogP contribution in [-0.2, 0) is 13.1 Å². The molecule has 0 spiro atoms. The van der Waals surface area contributed by atoms with Crippen LogP contribution in [0.5, 0.6) is 0 Å². The fourth-order valence-electron chi connectivity index (χ4n) is 2.76. The zero-order valence-corrected chi connectivity index (χ0v) is 14.2. The lowest BCUT2D eigenvalue weighted by Crippen LogP contribution is -2.25. The second-order valence-electron chi connectivity index (χ2n) is 6.19. The van der Waals surface area contributed by atoms with Gasteiger partial charge in [0, 0.05) is 12.1 Å². The number of imidazole rings is 1. The lowest BCUT2D eigenvalue weighted by Gasteiger charge is -2.14. The fourth-order valence-corrected chi connectivity index (χ4v) is 2.76. The normalized spacial score (nSPS) is 12.2. The molecule has 3 aromatic rings. The van der Waals surface area contributed by atoms with Gasteiger partial charge in [0.05, 0.1) is 17.6 Å². The van der Waals surface area contributed by atoms with Gasteiger partial charge in [-0.05, 0) is 30.2 Å². The summed E-state index contributed by atoms with van der Waals surface area (Å²) in [6.07, 6.45) is 1.11. The van der Waals surface area contributed by atoms with Crippen molar-refractivity contribution >= 4 is 16.9 Å². The Morgan fingerprint density at radius 3 is 2.58 bits per heavy atom. The Labute approximate surface area is 142 Å². The van der Waals surface area contributed by atoms with Crippen LogP contribution >= 0.6 is 0 Å². The van der Waals surface area contributed by atoms with Gasteiger partial charge in [0.2, 0.25) is 0 Å². The van der Waals surface area contributed by atoms with Gasteiger partial charge >= 0.3 is 0 Å². The Morgan fingerprint density at radius 1 is 1.12 bits per heavy atom. The molecule has 4 nitrogen and oxygen atoms in total. The van der Waals surface area contributed by atoms with Crippen molar-refractivity contribution in [3.63, 3.8) is 0 Å². The standard InChI is InChI=1S/C20H23N3O/c1-3-15(2)14-23-18-12-8-7-11-17(18)22-19(23)13-21-20(24)16-9-5-4-6-10-16/h4-12,15H,3,13-14H2,1-2H3,(H,21,24)/t15-/m1/s1. The molecule has 0 saturated heterocycles. The van der Waals surface area contributed by atoms with Crippen molar-refractivity contribution in [3.05, 3.63) is 66.0 Å². The van der Waals surface area contributed by atoms with E-state index >= 15 is 0 Å². The molecule has 1 heterocycles. The molecule has 24 heavy (non-hydrogen) atoms. The van der Waals surface area contributed by atoms with Gasteiger partial charge < -0.3 is 9.88 Å². The minimum Gasteiger partial charge on any atom is -0.345 e. The van der Waals surface area contributed by atoms with Gasteiger partial charge in [-0.2, -0.15) is 0 Å². The third-order valence-electron chi connectivity index (χ3n) is 4.37. The number of aromatic nitrogens is 2. The van der Waals surface area contributed by atoms with Crippen LogP contribution in [0.3, 0.4) is 0 Å². The highest BCUT2D eigenvalue weighted by Gasteiger charge is 2.13. The van der Waals surface area contributed by atoms with Gasteiger partial charge in [-0.3, -0.25) is 4.79 Å². The van der Waals surface area contributed by atoms with Crippen LogP contribution in [0.25, 0.3) is 11.0 Å². The minimum atomic E-state index is -0.0715. The molecule has 0 unspecified atom stereocenters. The Balaban J connectivity index is 1.83. The van der Waals surface area contributed by atoms with E-state index in [4.69, 9.17) is 4.98 Å². The van der Waals surface area contributed by atoms with E-state index in [0.717, 1.165) is 29.8 Å². The molecule has 1 aromatic heterocycles. The molecule has 1 amide bonds. The lowest BCUT2D eigenvalue weighted by molar-refractivity contribution is 0.0949. The SMILES string of the molecule is CC[C@@H](C)Cn1c(CNC(=O)c2ccccc2)nc2ccccc21. The highest BCUT2D eigenvalue weighted by Crippen LogP contribution is 2.19. The number of fused-ring (bicyclic) bond motifs is 1. The van der Waals surface area contributed by atoms with E-state index in [1.165, 1.54) is 0 Å². The van der Waals surface area contributed by atoms with Gasteiger partial charge in [-0.15, -0.1) is 0 Å². The van der Waals surface area contributed by atoms with Crippen molar-refractivity contribution in [2.24, 2.45) is 5.92 Å². The summed E-state index contributed by atoms with van der Waals surface area (Å²) in [6, 6.07) is 17.4. The summed E-state index contributed by atoms with van der Waals surface area (Å²) >= 11 is 0. The van der Waals surface area contributed by atoms with Crippen LogP contribution in [-0.4, -0.2) is 15.5 Å². The number of rotatable bonds is 6. The molecule has 0 aliphatic carbocycles. The van der Waals surface area contributed by atoms with Gasteiger partial charge in [0.15, 0.2) is 0 Å². The van der Waals surface area contributed by atoms with E-state index in [-0.39, 0.29) is 5.91 Å². The Hall–Kier alpha value is -2.62. The number of carbonyl (C=O) groups excluding carboxylic acids is 1. The third kappa shape index (κ3) is 3.48. The second kappa shape index (κ2) is 7.30. The third-order valence-corrected chi connectivity index (χ3v) is 4.37. The predicted molar refractivity (Wildman–Crippen MR) is 96.8 cm³/mol. The highest BCUT2D eigenvalue weighted by molar-refractivity contribution is 5.94. The van der Waals surface area contributed by atoms with Crippen LogP contribution < -0.4 is 5.32 Å². The van der Waals surface area contributed by atoms with Crippen molar-refractivity contribution in [1.82, 2.24) is 14.9 Å². The molecular formula is C20H23N3O. The first-order valence-electron chi connectivity index (χ1n) is 8.46. The second-order valence-corrected chi connectivity index (χ2v) is 6.19. The maximum atomic E-state index is 12.3. The number of nitrogens with one attached hydrogen (secondary N) is 1. The number of amides is 1. The first kappa shape index (κ1) is 16.2. The van der Waals surface area contributed by atoms with Gasteiger partial charge in [0.25, 0.3) is 5.91 Å². The molecule has 1 N–H and O–H groups in total. The predicted octanol–water partition coefficient (Wildman–Crippen LogP) is 4.01. The maximum absolute atomic E-state index is 12.3. The summed E-state index contributed by atoms with van der Waals surface area (Å²) in [7, 11) is 0. The number of hydrogen-bond acceptors (Lipinski definition) is 2. The molecule has 0 aliphatic heterocycles. The van der Waals surface area contributed by atoms with E-state index in [1.54, 1.807) is 0 Å². The van der Waals surface area contributed by atoms with E-state index in [9.17, 15) is 4.79 Å². The van der Waals surface area contributed by atoms with Crippen LogP contribution in [0.4, 0.5) is 0 Å². The van der Waals surface area contributed by atoms with Gasteiger partial charge in [0.1, 0.15) is 5.82 Å². The van der Waals surface area contributed by atoms with Crippen molar-refractivity contribution < 1.29 is 4.79 Å². The van der Waals surface area contributed by atoms with Crippen molar-refractivity contribution in [2.45, 2.75) is 33.4 Å². The number of para-hydroxylation sites is 2. The van der Waals surface area contributed by atoms with Crippen molar-refractivity contribution in [2.75, 3.05) is 0 Å². The lowest BCUT2D eigenvalue weighted by atomic mass is 10.1. The summed E-state index contributed by atoms with van der Waals surface area (Å²) in [4.78, 5) is 17.0. The minimum absolute atomic E-state index is 0.0715. The summed E-state index contributed by atoms with van der Waals surface area (Å²) in [5, 5.41) is 2.99. The van der Waals surface area contributed by atoms with Gasteiger partial charge in [-0.1, -0.05) is 50.6 Å². The average molecular weight is 321 g/mol. The molecule has 1 atom stereocenters. The molecule has 4 heteroatoms. The van der Waals surface area contributed by atoms with Crippen molar-refractivity contribution in [3.8, 4) is 0 Å². The smallest absolute Gasteiger partial charge is 0.251 e. The topological polar surface area (TPSA) is 46.9 Å². The number of carbonyl (C=O) groups is 1. The van der Waals surface area contributed by atoms with Gasteiger partial charge in [-0.25, -0.2) is 4.98 Å². The number of nitrogens with zero attached hydrogens (tertiary/aromatic N) is 2. The number of benzene rings is 2. The van der Waals surface area contributed by atoms with E-state index in [2.05, 4.69) is 29.8 Å². The average Bonchev–Trinajstić information content (AvgIpc) is 2.98. The first-order chi connectivity index (χ1) is 11.7. The Morgan fingerprint density at radius 2 is 1.83 bits per heavy atom. The zero-order chi connectivity index (χ0) is 16.9. The fraction of sp³-hybridized carbons (Fsp3) is 0.300. The van der Waals surface area contributed by atoms with Crippen LogP contribution in [0.2, 0.25) is 0 Å². The van der Waals surface area contributed by atoms with Crippen LogP contribution in [0, 0.1) is 5.92 Å². The van der Waals surface area contributed by atoms with E-state index < -0.39 is 0 Å². The highest BCUT2D eigenvalue weighted by atomic mass is 16.1. The first-order valence-corrected chi connectivity index (χ1v) is 8.46. The van der Waals surface area contributed by atoms with E-state index in [0.29, 0.717) is 18.0 Å². The Kier molecular flexibility index (Phi) is 4.94. The van der Waals surface area contributed by atoms with Crippen LogP contribution in [0.15, 0.2) is 54.6 Å². The maximum Gasteiger partial charge on any atom is 0.251 e. The van der Waals surface area contributed by atoms with Crippen LogP contribution in [0.1, 0.15) is 36.5 Å². The largest absolute Gasteiger partial charge is 0.345 e. The Bertz CT molecular complexity index is 823. The quantitative estimate of drug-likeness (QED) is 0.745. The summed E-state index contributed by atoms with van der Waals surface area (Å²) in [5.41, 5.74) is 2.77. The molecule has 0 radical (unpaired) electrons. The molecule has 0 fully saturated rings. The molecule has 3 rings (SSSR count). The van der Waals surface area contributed by atoms with E-state index in [1.807, 2.05) is 48.5 Å². The molecule has 0 bridgehead atoms. The van der Waals surface area contributed by atoms with Crippen molar-refractivity contribution in [1.29, 1.82) is 0 Å². The number of hydrogen-bond donors (Lipinski definition) is 1. The molecule has 0 aliphatic rings. The summed E-state index contributed by atoms with van der Waals surface area (Å²) in [6.45, 7) is 5.77. The molecule has 0 saturated carbocycles. The molecule has 124 valence electrons. The monoisotopic (exact) mass is 321 g/mol. The zero-order valence-electron chi connectivity index (χ0n) is 14.2.